The summed E-state index contributed by atoms with van der Waals surface area (Å²) in [6, 6.07) is 54.5. The van der Waals surface area contributed by atoms with E-state index >= 15 is 0 Å². The fraction of sp³-hybridized carbons (Fsp3) is 0.250. The summed E-state index contributed by atoms with van der Waals surface area (Å²) in [4.78, 5) is 7.53. The summed E-state index contributed by atoms with van der Waals surface area (Å²) in [6.45, 7) is 4.51. The minimum absolute atomic E-state index is 0.179. The first-order valence-electron chi connectivity index (χ1n) is 18.7. The van der Waals surface area contributed by atoms with Crippen molar-refractivity contribution >= 4 is 55.9 Å². The molecule has 0 radical (unpaired) electrons. The molecule has 4 heteroatoms. The summed E-state index contributed by atoms with van der Waals surface area (Å²) in [6.07, 6.45) is 16.3. The molecule has 266 valence electrons. The molecule has 0 aliphatic carbocycles. The molecule has 0 aliphatic rings. The molecule has 0 atom stereocenters. The van der Waals surface area contributed by atoms with Crippen LogP contribution in [0.5, 0.6) is 0 Å². The predicted molar refractivity (Wildman–Crippen MR) is 233 cm³/mol. The third-order valence-corrected chi connectivity index (χ3v) is 12.1. The normalized spacial score (nSPS) is 11.3. The molecule has 0 fully saturated rings. The Hall–Kier alpha value is -4.38. The van der Waals surface area contributed by atoms with Crippen LogP contribution in [-0.4, -0.2) is 25.0 Å². The third kappa shape index (κ3) is 9.15. The first-order chi connectivity index (χ1) is 25.3. The summed E-state index contributed by atoms with van der Waals surface area (Å²) >= 11 is 0. The van der Waals surface area contributed by atoms with E-state index in [2.05, 4.69) is 194 Å². The number of anilines is 6. The van der Waals surface area contributed by atoms with Crippen molar-refractivity contribution in [3.8, 4) is 11.1 Å². The van der Waals surface area contributed by atoms with Gasteiger partial charge in [0.25, 0.3) is 0 Å². The monoisotopic (exact) mass is 722 g/mol. The molecule has 52 heavy (non-hydrogen) atoms. The van der Waals surface area contributed by atoms with E-state index in [-0.39, 0.29) is 21.8 Å². The van der Waals surface area contributed by atoms with Crippen LogP contribution in [-0.2, 0) is 34.6 Å². The lowest BCUT2D eigenvalue weighted by Crippen LogP contribution is -2.11. The van der Waals surface area contributed by atoms with E-state index in [9.17, 15) is 0 Å². The van der Waals surface area contributed by atoms with Gasteiger partial charge in [0.2, 0.25) is 0 Å². The van der Waals surface area contributed by atoms with Crippen molar-refractivity contribution in [1.29, 1.82) is 0 Å². The van der Waals surface area contributed by atoms with E-state index in [1.165, 1.54) is 80.5 Å². The van der Waals surface area contributed by atoms with Gasteiger partial charge in [-0.2, -0.15) is 0 Å². The Morgan fingerprint density at radius 2 is 0.712 bits per heavy atom. The average Bonchev–Trinajstić information content (AvgIpc) is 3.18. The highest BCUT2D eigenvalue weighted by molar-refractivity contribution is 7.95. The molecule has 0 saturated carbocycles. The summed E-state index contributed by atoms with van der Waals surface area (Å²) in [5.41, 5.74) is 12.3. The number of nitrogens with zero attached hydrogens (tertiary/aromatic N) is 2. The van der Waals surface area contributed by atoms with E-state index in [1.807, 2.05) is 0 Å². The van der Waals surface area contributed by atoms with Gasteiger partial charge in [0, 0.05) is 56.7 Å². The van der Waals surface area contributed by atoms with Gasteiger partial charge >= 0.3 is 0 Å². The second kappa shape index (κ2) is 17.9. The Balaban J connectivity index is 1.31. The van der Waals surface area contributed by atoms with Gasteiger partial charge in [-0.15, -0.1) is 0 Å². The highest BCUT2D eigenvalue weighted by atomic mass is 32.2. The summed E-state index contributed by atoms with van der Waals surface area (Å²) in [7, 11) is 0.358. The van der Waals surface area contributed by atoms with Gasteiger partial charge in [0.15, 0.2) is 9.79 Å². The van der Waals surface area contributed by atoms with Crippen molar-refractivity contribution in [2.75, 3.05) is 34.8 Å². The lowest BCUT2D eigenvalue weighted by atomic mass is 10.0. The van der Waals surface area contributed by atoms with Crippen molar-refractivity contribution in [3.63, 3.8) is 0 Å². The van der Waals surface area contributed by atoms with E-state index in [0.717, 1.165) is 24.2 Å². The Morgan fingerprint density at radius 1 is 0.385 bits per heavy atom. The van der Waals surface area contributed by atoms with Crippen molar-refractivity contribution in [1.82, 2.24) is 0 Å². The minimum Gasteiger partial charge on any atom is -0.310 e. The first kappa shape index (κ1) is 37.4. The number of unbranched alkanes of at least 4 members (excludes halogenated alkanes) is 2. The predicted octanol–water partition coefficient (Wildman–Crippen LogP) is 13.5. The van der Waals surface area contributed by atoms with E-state index in [4.69, 9.17) is 0 Å². The smallest absolute Gasteiger partial charge is 0.156 e. The maximum Gasteiger partial charge on any atom is 0.156 e. The Morgan fingerprint density at radius 3 is 1.02 bits per heavy atom. The molecule has 0 aliphatic heterocycles. The standard InChI is InChI=1S/C48H54N2S2/c1-7-9-13-37-19-27-41(28-20-37)49(45-15-11-17-47(35-45)51(3)4)43-31-23-39(24-32-43)40-25-33-44(34-26-40)50(46-16-12-18-48(36-46)52(5)6)42-29-21-38(22-30-42)14-10-8-2/h11-12,15-36H,7-10,13-14H2,1-6H3/q+2. The molecule has 6 aromatic rings. The zero-order valence-corrected chi connectivity index (χ0v) is 33.4. The van der Waals surface area contributed by atoms with Crippen LogP contribution in [0.1, 0.15) is 50.7 Å². The van der Waals surface area contributed by atoms with E-state index in [0.29, 0.717) is 0 Å². The molecule has 2 nitrogen and oxygen atoms in total. The lowest BCUT2D eigenvalue weighted by molar-refractivity contribution is 0.795. The molecule has 0 bridgehead atoms. The maximum atomic E-state index is 2.39. The van der Waals surface area contributed by atoms with Crippen LogP contribution in [0.2, 0.25) is 0 Å². The molecule has 0 spiro atoms. The average molecular weight is 723 g/mol. The van der Waals surface area contributed by atoms with Gasteiger partial charge in [0.1, 0.15) is 25.0 Å². The van der Waals surface area contributed by atoms with Crippen LogP contribution in [0, 0.1) is 0 Å². The number of aryl methyl sites for hydroxylation is 2. The zero-order valence-electron chi connectivity index (χ0n) is 31.8. The summed E-state index contributed by atoms with van der Waals surface area (Å²) in [5, 5.41) is 0. The molecular formula is C48H54N2S2+2. The van der Waals surface area contributed by atoms with Gasteiger partial charge < -0.3 is 9.80 Å². The van der Waals surface area contributed by atoms with Crippen LogP contribution < -0.4 is 9.80 Å². The SMILES string of the molecule is CCCCc1ccc(N(c2ccc(-c3ccc(N(c4ccc(CCCC)cc4)c4cccc([S+](C)C)c4)cc3)cc2)c2cccc([S+](C)C)c2)cc1. The highest BCUT2D eigenvalue weighted by Gasteiger charge is 2.19. The van der Waals surface area contributed by atoms with E-state index < -0.39 is 0 Å². The van der Waals surface area contributed by atoms with Crippen LogP contribution in [0.25, 0.3) is 11.1 Å². The van der Waals surface area contributed by atoms with Crippen molar-refractivity contribution < 1.29 is 0 Å². The number of benzene rings is 6. The fourth-order valence-electron chi connectivity index (χ4n) is 6.64. The zero-order chi connectivity index (χ0) is 36.5. The minimum atomic E-state index is 0.179. The summed E-state index contributed by atoms with van der Waals surface area (Å²) in [5.74, 6) is 0. The lowest BCUT2D eigenvalue weighted by Gasteiger charge is -2.26. The molecule has 6 aromatic carbocycles. The van der Waals surface area contributed by atoms with Crippen LogP contribution >= 0.6 is 0 Å². The Kier molecular flexibility index (Phi) is 12.9. The largest absolute Gasteiger partial charge is 0.310 e. The molecule has 0 unspecified atom stereocenters. The molecular weight excluding hydrogens is 669 g/mol. The van der Waals surface area contributed by atoms with Gasteiger partial charge in [-0.05, 0) is 121 Å². The highest BCUT2D eigenvalue weighted by Crippen LogP contribution is 2.39. The molecule has 0 saturated heterocycles. The third-order valence-electron chi connectivity index (χ3n) is 9.71. The van der Waals surface area contributed by atoms with E-state index in [1.54, 1.807) is 0 Å². The van der Waals surface area contributed by atoms with Gasteiger partial charge in [-0.25, -0.2) is 0 Å². The van der Waals surface area contributed by atoms with Gasteiger partial charge in [-0.1, -0.05) is 87.4 Å². The van der Waals surface area contributed by atoms with Crippen LogP contribution in [0.3, 0.4) is 0 Å². The molecule has 6 rings (SSSR count). The Labute approximate surface area is 319 Å². The van der Waals surface area contributed by atoms with Gasteiger partial charge in [-0.3, -0.25) is 0 Å². The first-order valence-corrected chi connectivity index (χ1v) is 22.8. The Bertz CT molecular complexity index is 1850. The number of hydrogen-bond acceptors (Lipinski definition) is 2. The molecule has 0 aromatic heterocycles. The molecule has 0 N–H and O–H groups in total. The maximum absolute atomic E-state index is 2.39. The van der Waals surface area contributed by atoms with Crippen molar-refractivity contribution in [2.45, 2.75) is 62.2 Å². The molecule has 0 heterocycles. The molecule has 0 amide bonds. The second-order valence-electron chi connectivity index (χ2n) is 13.9. The quantitative estimate of drug-likeness (QED) is 0.0974. The topological polar surface area (TPSA) is 6.48 Å². The number of hydrogen-bond donors (Lipinski definition) is 0. The number of rotatable bonds is 15. The van der Waals surface area contributed by atoms with Gasteiger partial charge in [0.05, 0.1) is 11.4 Å². The second-order valence-corrected chi connectivity index (χ2v) is 18.1. The fourth-order valence-corrected chi connectivity index (χ4v) is 8.05. The summed E-state index contributed by atoms with van der Waals surface area (Å²) < 4.78 is 0. The van der Waals surface area contributed by atoms with Crippen molar-refractivity contribution in [3.05, 3.63) is 157 Å². The van der Waals surface area contributed by atoms with Crippen molar-refractivity contribution in [2.24, 2.45) is 0 Å². The van der Waals surface area contributed by atoms with Crippen LogP contribution in [0.4, 0.5) is 34.1 Å². The van der Waals surface area contributed by atoms with Crippen LogP contribution in [0.15, 0.2) is 155 Å².